The van der Waals surface area contributed by atoms with Crippen LogP contribution in [0.15, 0.2) is 28.1 Å². The highest BCUT2D eigenvalue weighted by atomic mass is 79.9. The Balaban J connectivity index is 2.07. The van der Waals surface area contributed by atoms with Gasteiger partial charge in [0.1, 0.15) is 12.4 Å². The van der Waals surface area contributed by atoms with E-state index in [1.165, 1.54) is 0 Å². The Hall–Kier alpha value is -0.910. The molecule has 2 aromatic rings. The van der Waals surface area contributed by atoms with Crippen LogP contribution in [0, 0.1) is 0 Å². The van der Waals surface area contributed by atoms with E-state index in [9.17, 15) is 0 Å². The first-order valence-electron chi connectivity index (χ1n) is 6.78. The third kappa shape index (κ3) is 4.04. The van der Waals surface area contributed by atoms with E-state index in [1.54, 1.807) is 11.3 Å². The first kappa shape index (κ1) is 15.5. The predicted octanol–water partition coefficient (Wildman–Crippen LogP) is 4.16. The number of aromatic nitrogens is 1. The number of halogens is 1. The molecule has 0 spiro atoms. The zero-order chi connectivity index (χ0) is 14.4. The van der Waals surface area contributed by atoms with Gasteiger partial charge >= 0.3 is 0 Å². The second kappa shape index (κ2) is 7.76. The molecule has 0 aliphatic carbocycles. The van der Waals surface area contributed by atoms with E-state index in [2.05, 4.69) is 51.5 Å². The summed E-state index contributed by atoms with van der Waals surface area (Å²) in [7, 11) is 0. The Bertz CT molecular complexity index is 557. The quantitative estimate of drug-likeness (QED) is 0.810. The van der Waals surface area contributed by atoms with E-state index in [-0.39, 0.29) is 0 Å². The summed E-state index contributed by atoms with van der Waals surface area (Å²) >= 11 is 5.25. The second-order valence-corrected chi connectivity index (χ2v) is 6.18. The molecule has 0 bridgehead atoms. The van der Waals surface area contributed by atoms with Crippen molar-refractivity contribution in [1.29, 1.82) is 0 Å². The van der Waals surface area contributed by atoms with Crippen LogP contribution in [0.25, 0.3) is 0 Å². The highest BCUT2D eigenvalue weighted by Crippen LogP contribution is 2.30. The lowest BCUT2D eigenvalue weighted by molar-refractivity contribution is 0.296. The molecular formula is C15H19BrN2OS. The molecule has 1 heterocycles. The van der Waals surface area contributed by atoms with Crippen LogP contribution in [0.5, 0.6) is 5.75 Å². The number of nitrogens with one attached hydrogen (secondary N) is 1. The fourth-order valence-electron chi connectivity index (χ4n) is 1.84. The van der Waals surface area contributed by atoms with Gasteiger partial charge in [-0.2, -0.15) is 0 Å². The zero-order valence-corrected chi connectivity index (χ0v) is 14.2. The van der Waals surface area contributed by atoms with Gasteiger partial charge in [0.2, 0.25) is 0 Å². The van der Waals surface area contributed by atoms with Crippen molar-refractivity contribution in [3.63, 3.8) is 0 Å². The molecule has 20 heavy (non-hydrogen) atoms. The largest absolute Gasteiger partial charge is 0.486 e. The average molecular weight is 355 g/mol. The van der Waals surface area contributed by atoms with Crippen LogP contribution in [-0.2, 0) is 19.6 Å². The Kier molecular flexibility index (Phi) is 6.01. The van der Waals surface area contributed by atoms with Crippen molar-refractivity contribution in [2.45, 2.75) is 33.4 Å². The Labute approximate surface area is 132 Å². The summed E-state index contributed by atoms with van der Waals surface area (Å²) in [5.41, 5.74) is 2.16. The maximum atomic E-state index is 5.97. The number of hydrogen-bond acceptors (Lipinski definition) is 4. The maximum Gasteiger partial charge on any atom is 0.138 e. The molecule has 0 amide bonds. The third-order valence-corrected chi connectivity index (χ3v) is 4.55. The van der Waals surface area contributed by atoms with E-state index in [0.29, 0.717) is 6.61 Å². The van der Waals surface area contributed by atoms with E-state index >= 15 is 0 Å². The van der Waals surface area contributed by atoms with Crippen LogP contribution in [0.1, 0.15) is 30.1 Å². The molecular weight excluding hydrogens is 336 g/mol. The maximum absolute atomic E-state index is 5.97. The summed E-state index contributed by atoms with van der Waals surface area (Å²) in [5, 5.41) is 6.55. The van der Waals surface area contributed by atoms with Crippen LogP contribution in [0.4, 0.5) is 0 Å². The minimum Gasteiger partial charge on any atom is -0.486 e. The molecule has 1 aromatic carbocycles. The van der Waals surface area contributed by atoms with Crippen molar-refractivity contribution in [1.82, 2.24) is 10.3 Å². The number of aryl methyl sites for hydroxylation is 1. The van der Waals surface area contributed by atoms with Gasteiger partial charge in [-0.3, -0.25) is 0 Å². The standard InChI is InChI=1S/C15H19BrN2OS/c1-3-14-18-12(10-20-14)9-19-15-11(8-17-4-2)6-5-7-13(15)16/h5-7,10,17H,3-4,8-9H2,1-2H3. The van der Waals surface area contributed by atoms with E-state index in [0.717, 1.165) is 46.0 Å². The number of benzene rings is 1. The molecule has 1 N–H and O–H groups in total. The lowest BCUT2D eigenvalue weighted by atomic mass is 10.2. The fourth-order valence-corrected chi connectivity index (χ4v) is 3.09. The van der Waals surface area contributed by atoms with Gasteiger partial charge in [-0.15, -0.1) is 11.3 Å². The van der Waals surface area contributed by atoms with Crippen molar-refractivity contribution < 1.29 is 4.74 Å². The minimum atomic E-state index is 0.512. The lowest BCUT2D eigenvalue weighted by Gasteiger charge is -2.13. The van der Waals surface area contributed by atoms with Crippen molar-refractivity contribution >= 4 is 27.3 Å². The van der Waals surface area contributed by atoms with Gasteiger partial charge in [-0.1, -0.05) is 26.0 Å². The molecule has 0 aliphatic rings. The number of ether oxygens (including phenoxy) is 1. The molecule has 108 valence electrons. The monoisotopic (exact) mass is 354 g/mol. The van der Waals surface area contributed by atoms with E-state index in [1.807, 2.05) is 12.1 Å². The van der Waals surface area contributed by atoms with Gasteiger partial charge in [-0.25, -0.2) is 4.98 Å². The molecule has 1 aromatic heterocycles. The van der Waals surface area contributed by atoms with Gasteiger partial charge < -0.3 is 10.1 Å². The van der Waals surface area contributed by atoms with Crippen LogP contribution in [0.2, 0.25) is 0 Å². The third-order valence-electron chi connectivity index (χ3n) is 2.88. The first-order valence-corrected chi connectivity index (χ1v) is 8.46. The summed E-state index contributed by atoms with van der Waals surface area (Å²) in [6.45, 7) is 6.48. The Morgan fingerprint density at radius 2 is 2.20 bits per heavy atom. The molecule has 0 radical (unpaired) electrons. The van der Waals surface area contributed by atoms with Crippen LogP contribution < -0.4 is 10.1 Å². The second-order valence-electron chi connectivity index (χ2n) is 4.38. The summed E-state index contributed by atoms with van der Waals surface area (Å²) in [4.78, 5) is 4.53. The summed E-state index contributed by atoms with van der Waals surface area (Å²) in [6.07, 6.45) is 0.978. The number of hydrogen-bond donors (Lipinski definition) is 1. The van der Waals surface area contributed by atoms with Gasteiger partial charge in [0.15, 0.2) is 0 Å². The van der Waals surface area contributed by atoms with Gasteiger partial charge in [0.25, 0.3) is 0 Å². The molecule has 0 fully saturated rings. The summed E-state index contributed by atoms with van der Waals surface area (Å²) in [5.74, 6) is 0.902. The van der Waals surface area contributed by atoms with E-state index < -0.39 is 0 Å². The highest BCUT2D eigenvalue weighted by Gasteiger charge is 2.09. The number of thiazole rings is 1. The average Bonchev–Trinajstić information content (AvgIpc) is 2.92. The lowest BCUT2D eigenvalue weighted by Crippen LogP contribution is -2.13. The molecule has 0 atom stereocenters. The van der Waals surface area contributed by atoms with Gasteiger partial charge in [0, 0.05) is 17.5 Å². The minimum absolute atomic E-state index is 0.512. The summed E-state index contributed by atoms with van der Waals surface area (Å²) < 4.78 is 6.95. The van der Waals surface area contributed by atoms with Gasteiger partial charge in [0.05, 0.1) is 15.2 Å². The SMILES string of the molecule is CCNCc1cccc(Br)c1OCc1csc(CC)n1. The molecule has 0 unspecified atom stereocenters. The smallest absolute Gasteiger partial charge is 0.138 e. The molecule has 0 saturated heterocycles. The molecule has 3 nitrogen and oxygen atoms in total. The zero-order valence-electron chi connectivity index (χ0n) is 11.8. The first-order chi connectivity index (χ1) is 9.74. The van der Waals surface area contributed by atoms with Crippen molar-refractivity contribution in [3.8, 4) is 5.75 Å². The molecule has 5 heteroatoms. The molecule has 0 saturated carbocycles. The van der Waals surface area contributed by atoms with Crippen LogP contribution in [0.3, 0.4) is 0 Å². The van der Waals surface area contributed by atoms with Crippen molar-refractivity contribution in [2.24, 2.45) is 0 Å². The van der Waals surface area contributed by atoms with Crippen LogP contribution >= 0.6 is 27.3 Å². The fraction of sp³-hybridized carbons (Fsp3) is 0.400. The number of rotatable bonds is 7. The predicted molar refractivity (Wildman–Crippen MR) is 87.3 cm³/mol. The van der Waals surface area contributed by atoms with Gasteiger partial charge in [-0.05, 0) is 35.0 Å². The normalized spacial score (nSPS) is 10.8. The highest BCUT2D eigenvalue weighted by molar-refractivity contribution is 9.10. The Morgan fingerprint density at radius 1 is 1.35 bits per heavy atom. The Morgan fingerprint density at radius 3 is 2.90 bits per heavy atom. The summed E-state index contributed by atoms with van der Waals surface area (Å²) in [6, 6.07) is 6.12. The number of para-hydroxylation sites is 1. The van der Waals surface area contributed by atoms with Crippen molar-refractivity contribution in [3.05, 3.63) is 44.3 Å². The van der Waals surface area contributed by atoms with Crippen molar-refractivity contribution in [2.75, 3.05) is 6.54 Å². The number of nitrogens with zero attached hydrogens (tertiary/aromatic N) is 1. The molecule has 2 rings (SSSR count). The topological polar surface area (TPSA) is 34.1 Å². The van der Waals surface area contributed by atoms with E-state index in [4.69, 9.17) is 4.74 Å². The molecule has 0 aliphatic heterocycles. The van der Waals surface area contributed by atoms with Crippen LogP contribution in [-0.4, -0.2) is 11.5 Å².